The molecule has 1 N–H and O–H groups in total. The van der Waals surface area contributed by atoms with Gasteiger partial charge in [0.15, 0.2) is 0 Å². The lowest BCUT2D eigenvalue weighted by Crippen LogP contribution is -2.26. The van der Waals surface area contributed by atoms with Crippen LogP contribution in [0.5, 0.6) is 0 Å². The third-order valence-electron chi connectivity index (χ3n) is 3.75. The van der Waals surface area contributed by atoms with Crippen LogP contribution < -0.4 is 5.32 Å². The zero-order valence-electron chi connectivity index (χ0n) is 13.9. The van der Waals surface area contributed by atoms with Crippen molar-refractivity contribution in [1.82, 2.24) is 5.32 Å². The van der Waals surface area contributed by atoms with E-state index in [9.17, 15) is 0 Å². The van der Waals surface area contributed by atoms with Crippen LogP contribution in [0.25, 0.3) is 0 Å². The lowest BCUT2D eigenvalue weighted by atomic mass is 9.92. The van der Waals surface area contributed by atoms with E-state index in [4.69, 9.17) is 9.47 Å². The van der Waals surface area contributed by atoms with E-state index in [-0.39, 0.29) is 0 Å². The molecule has 21 heavy (non-hydrogen) atoms. The fourth-order valence-corrected chi connectivity index (χ4v) is 2.44. The van der Waals surface area contributed by atoms with Gasteiger partial charge in [-0.2, -0.15) is 0 Å². The second-order valence-corrected chi connectivity index (χ2v) is 5.51. The monoisotopic (exact) mass is 293 g/mol. The molecule has 0 aliphatic heterocycles. The predicted molar refractivity (Wildman–Crippen MR) is 89.0 cm³/mol. The molecule has 0 aliphatic carbocycles. The summed E-state index contributed by atoms with van der Waals surface area (Å²) in [5.74, 6) is 0.504. The molecular weight excluding hydrogens is 262 g/mol. The number of methoxy groups -OCH3 is 1. The first-order valence-corrected chi connectivity index (χ1v) is 8.12. The largest absolute Gasteiger partial charge is 0.383 e. The van der Waals surface area contributed by atoms with E-state index in [0.29, 0.717) is 5.92 Å². The van der Waals surface area contributed by atoms with Crippen molar-refractivity contribution in [2.75, 3.05) is 40.0 Å². The van der Waals surface area contributed by atoms with Crippen LogP contribution in [-0.4, -0.2) is 40.0 Å². The number of unbranched alkanes of at least 4 members (excludes halogenated alkanes) is 1. The average molecular weight is 293 g/mol. The van der Waals surface area contributed by atoms with E-state index >= 15 is 0 Å². The number of aryl methyl sites for hydroxylation is 1. The molecule has 0 aromatic heterocycles. The number of hydrogen-bond acceptors (Lipinski definition) is 3. The first-order valence-electron chi connectivity index (χ1n) is 8.12. The highest BCUT2D eigenvalue weighted by atomic mass is 16.5. The summed E-state index contributed by atoms with van der Waals surface area (Å²) in [7, 11) is 1.74. The van der Waals surface area contributed by atoms with E-state index < -0.39 is 0 Å². The van der Waals surface area contributed by atoms with E-state index in [1.165, 1.54) is 17.5 Å². The predicted octanol–water partition coefficient (Wildman–Crippen LogP) is 3.52. The molecular formula is C18H31NO2. The Hall–Kier alpha value is -0.900. The topological polar surface area (TPSA) is 30.5 Å². The van der Waals surface area contributed by atoms with Gasteiger partial charge in [0.05, 0.1) is 6.61 Å². The van der Waals surface area contributed by atoms with Gasteiger partial charge >= 0.3 is 0 Å². The van der Waals surface area contributed by atoms with E-state index in [1.54, 1.807) is 7.11 Å². The molecule has 0 saturated carbocycles. The summed E-state index contributed by atoms with van der Waals surface area (Å²) < 4.78 is 10.8. The zero-order chi connectivity index (χ0) is 15.3. The quantitative estimate of drug-likeness (QED) is 0.598. The minimum atomic E-state index is 0.504. The van der Waals surface area contributed by atoms with Crippen LogP contribution in [0, 0.1) is 6.92 Å². The molecule has 0 spiro atoms. The van der Waals surface area contributed by atoms with Crippen LogP contribution in [0.4, 0.5) is 0 Å². The minimum absolute atomic E-state index is 0.504. The molecule has 0 radical (unpaired) electrons. The molecule has 1 aromatic carbocycles. The van der Waals surface area contributed by atoms with Crippen molar-refractivity contribution in [2.24, 2.45) is 0 Å². The highest BCUT2D eigenvalue weighted by molar-refractivity contribution is 5.29. The third kappa shape index (κ3) is 7.60. The van der Waals surface area contributed by atoms with Gasteiger partial charge in [0.25, 0.3) is 0 Å². The maximum absolute atomic E-state index is 5.74. The molecule has 1 aromatic rings. The first-order chi connectivity index (χ1) is 10.3. The van der Waals surface area contributed by atoms with Crippen LogP contribution in [0.3, 0.4) is 0 Å². The van der Waals surface area contributed by atoms with Crippen LogP contribution in [0.2, 0.25) is 0 Å². The molecule has 0 saturated heterocycles. The standard InChI is InChI=1S/C18H31NO2/c1-4-5-12-21-13-10-17(15-19-11-14-20-3)18-9-7-6-8-16(18)2/h6-9,17,19H,4-5,10-15H2,1-3H3. The number of benzene rings is 1. The SMILES string of the molecule is CCCCOCCC(CNCCOC)c1ccccc1C. The molecule has 1 atom stereocenters. The Morgan fingerprint density at radius 3 is 2.67 bits per heavy atom. The Morgan fingerprint density at radius 1 is 1.14 bits per heavy atom. The van der Waals surface area contributed by atoms with E-state index in [2.05, 4.69) is 43.4 Å². The van der Waals surface area contributed by atoms with Gasteiger partial charge in [0.2, 0.25) is 0 Å². The Morgan fingerprint density at radius 2 is 1.95 bits per heavy atom. The fraction of sp³-hybridized carbons (Fsp3) is 0.667. The van der Waals surface area contributed by atoms with Gasteiger partial charge in [-0.05, 0) is 36.8 Å². The van der Waals surface area contributed by atoms with E-state index in [1.807, 2.05) is 0 Å². The van der Waals surface area contributed by atoms with Crippen molar-refractivity contribution in [3.63, 3.8) is 0 Å². The first kappa shape index (κ1) is 18.1. The second kappa shape index (κ2) is 11.7. The van der Waals surface area contributed by atoms with Crippen molar-refractivity contribution in [3.05, 3.63) is 35.4 Å². The number of nitrogens with one attached hydrogen (secondary N) is 1. The molecule has 1 rings (SSSR count). The molecule has 3 heteroatoms. The van der Waals surface area contributed by atoms with E-state index in [0.717, 1.165) is 45.8 Å². The van der Waals surface area contributed by atoms with Crippen LogP contribution in [-0.2, 0) is 9.47 Å². The van der Waals surface area contributed by atoms with Gasteiger partial charge < -0.3 is 14.8 Å². The molecule has 0 amide bonds. The van der Waals surface area contributed by atoms with Gasteiger partial charge in [-0.25, -0.2) is 0 Å². The van der Waals surface area contributed by atoms with Crippen molar-refractivity contribution >= 4 is 0 Å². The Balaban J connectivity index is 2.47. The third-order valence-corrected chi connectivity index (χ3v) is 3.75. The zero-order valence-corrected chi connectivity index (χ0v) is 13.9. The summed E-state index contributed by atoms with van der Waals surface area (Å²) in [5.41, 5.74) is 2.80. The average Bonchev–Trinajstić information content (AvgIpc) is 2.50. The van der Waals surface area contributed by atoms with Gasteiger partial charge in [0.1, 0.15) is 0 Å². The lowest BCUT2D eigenvalue weighted by molar-refractivity contribution is 0.123. The van der Waals surface area contributed by atoms with Crippen LogP contribution in [0.15, 0.2) is 24.3 Å². The highest BCUT2D eigenvalue weighted by Crippen LogP contribution is 2.22. The Kier molecular flexibility index (Phi) is 10.1. The van der Waals surface area contributed by atoms with Gasteiger partial charge in [0, 0.05) is 33.4 Å². The number of hydrogen-bond donors (Lipinski definition) is 1. The van der Waals surface area contributed by atoms with Gasteiger partial charge in [-0.1, -0.05) is 37.6 Å². The minimum Gasteiger partial charge on any atom is -0.383 e. The molecule has 3 nitrogen and oxygen atoms in total. The maximum Gasteiger partial charge on any atom is 0.0587 e. The Labute approximate surface area is 130 Å². The number of ether oxygens (including phenoxy) is 2. The fourth-order valence-electron chi connectivity index (χ4n) is 2.44. The van der Waals surface area contributed by atoms with Gasteiger partial charge in [-0.3, -0.25) is 0 Å². The normalized spacial score (nSPS) is 12.5. The maximum atomic E-state index is 5.74. The summed E-state index contributed by atoms with van der Waals surface area (Å²) in [5, 5.41) is 3.48. The number of rotatable bonds is 12. The smallest absolute Gasteiger partial charge is 0.0587 e. The van der Waals surface area contributed by atoms with Crippen molar-refractivity contribution < 1.29 is 9.47 Å². The highest BCUT2D eigenvalue weighted by Gasteiger charge is 2.13. The van der Waals surface area contributed by atoms with Gasteiger partial charge in [-0.15, -0.1) is 0 Å². The molecule has 120 valence electrons. The summed E-state index contributed by atoms with van der Waals surface area (Å²) in [6, 6.07) is 8.66. The molecule has 1 unspecified atom stereocenters. The Bertz CT molecular complexity index is 368. The molecule has 0 heterocycles. The van der Waals surface area contributed by atoms with Crippen LogP contribution in [0.1, 0.15) is 43.2 Å². The molecule has 0 bridgehead atoms. The molecule has 0 aliphatic rings. The summed E-state index contributed by atoms with van der Waals surface area (Å²) >= 11 is 0. The summed E-state index contributed by atoms with van der Waals surface area (Å²) in [6.07, 6.45) is 3.41. The van der Waals surface area contributed by atoms with Crippen LogP contribution >= 0.6 is 0 Å². The van der Waals surface area contributed by atoms with Crippen molar-refractivity contribution in [3.8, 4) is 0 Å². The second-order valence-electron chi connectivity index (χ2n) is 5.51. The summed E-state index contributed by atoms with van der Waals surface area (Å²) in [6.45, 7) is 8.74. The lowest BCUT2D eigenvalue weighted by Gasteiger charge is -2.20. The van der Waals surface area contributed by atoms with Crippen molar-refractivity contribution in [2.45, 2.75) is 39.0 Å². The van der Waals surface area contributed by atoms with Crippen molar-refractivity contribution in [1.29, 1.82) is 0 Å². The summed E-state index contributed by atoms with van der Waals surface area (Å²) in [4.78, 5) is 0. The molecule has 0 fully saturated rings.